The van der Waals surface area contributed by atoms with Crippen LogP contribution in [0, 0.1) is 17.6 Å². The van der Waals surface area contributed by atoms with E-state index in [1.807, 2.05) is 13.8 Å². The Balaban J connectivity index is 2.86. The fourth-order valence-electron chi connectivity index (χ4n) is 1.31. The lowest BCUT2D eigenvalue weighted by molar-refractivity contribution is 0.0926. The average molecular weight is 262 g/mol. The van der Waals surface area contributed by atoms with Crippen LogP contribution < -0.4 is 5.32 Å². The SMILES string of the molecule is CC(C)C(CCl)NC(=O)c1cccc(F)c1F. The van der Waals surface area contributed by atoms with Gasteiger partial charge in [-0.2, -0.15) is 0 Å². The summed E-state index contributed by atoms with van der Waals surface area (Å²) < 4.78 is 26.3. The summed E-state index contributed by atoms with van der Waals surface area (Å²) >= 11 is 5.68. The number of carbonyl (C=O) groups is 1. The van der Waals surface area contributed by atoms with Crippen molar-refractivity contribution < 1.29 is 13.6 Å². The van der Waals surface area contributed by atoms with Crippen LogP contribution >= 0.6 is 11.6 Å². The number of amides is 1. The molecule has 0 fully saturated rings. The monoisotopic (exact) mass is 261 g/mol. The zero-order valence-corrected chi connectivity index (χ0v) is 10.4. The van der Waals surface area contributed by atoms with E-state index in [2.05, 4.69) is 5.32 Å². The van der Waals surface area contributed by atoms with Crippen molar-refractivity contribution in [1.82, 2.24) is 5.32 Å². The Kier molecular flexibility index (Phi) is 4.87. The molecule has 1 aromatic carbocycles. The lowest BCUT2D eigenvalue weighted by Crippen LogP contribution is -2.40. The average Bonchev–Trinajstić information content (AvgIpc) is 2.28. The van der Waals surface area contributed by atoms with Gasteiger partial charge in [-0.05, 0) is 18.1 Å². The van der Waals surface area contributed by atoms with E-state index >= 15 is 0 Å². The Bertz CT molecular complexity index is 409. The second-order valence-electron chi connectivity index (χ2n) is 4.08. The molecule has 0 heterocycles. The predicted octanol–water partition coefficient (Wildman–Crippen LogP) is 2.96. The Morgan fingerprint density at radius 2 is 2.06 bits per heavy atom. The van der Waals surface area contributed by atoms with Gasteiger partial charge in [-0.1, -0.05) is 19.9 Å². The number of halogens is 3. The Hall–Kier alpha value is -1.16. The van der Waals surface area contributed by atoms with Gasteiger partial charge < -0.3 is 5.32 Å². The van der Waals surface area contributed by atoms with Gasteiger partial charge in [-0.25, -0.2) is 8.78 Å². The van der Waals surface area contributed by atoms with E-state index in [1.165, 1.54) is 12.1 Å². The molecule has 5 heteroatoms. The molecule has 17 heavy (non-hydrogen) atoms. The molecule has 0 aliphatic heterocycles. The van der Waals surface area contributed by atoms with Gasteiger partial charge in [-0.3, -0.25) is 4.79 Å². The lowest BCUT2D eigenvalue weighted by Gasteiger charge is -2.19. The molecule has 0 aromatic heterocycles. The maximum absolute atomic E-state index is 13.3. The maximum Gasteiger partial charge on any atom is 0.254 e. The Morgan fingerprint density at radius 3 is 2.59 bits per heavy atom. The van der Waals surface area contributed by atoms with Crippen molar-refractivity contribution in [1.29, 1.82) is 0 Å². The minimum absolute atomic E-state index is 0.119. The van der Waals surface area contributed by atoms with Crippen LogP contribution in [0.3, 0.4) is 0 Å². The first-order valence-electron chi connectivity index (χ1n) is 5.28. The van der Waals surface area contributed by atoms with E-state index in [1.54, 1.807) is 0 Å². The van der Waals surface area contributed by atoms with E-state index in [0.29, 0.717) is 0 Å². The first-order chi connectivity index (χ1) is 7.97. The van der Waals surface area contributed by atoms with Crippen LogP contribution in [0.5, 0.6) is 0 Å². The van der Waals surface area contributed by atoms with E-state index in [4.69, 9.17) is 11.6 Å². The molecule has 1 atom stereocenters. The maximum atomic E-state index is 13.3. The standard InChI is InChI=1S/C12H14ClF2NO/c1-7(2)10(6-13)16-12(17)8-4-3-5-9(14)11(8)15/h3-5,7,10H,6H2,1-2H3,(H,16,17). The number of benzene rings is 1. The third-order valence-corrected chi connectivity index (χ3v) is 2.82. The number of alkyl halides is 1. The topological polar surface area (TPSA) is 29.1 Å². The Morgan fingerprint density at radius 1 is 1.41 bits per heavy atom. The predicted molar refractivity (Wildman–Crippen MR) is 63.2 cm³/mol. The highest BCUT2D eigenvalue weighted by atomic mass is 35.5. The molecule has 0 saturated carbocycles. The van der Waals surface area contributed by atoms with Crippen LogP contribution in [-0.2, 0) is 0 Å². The highest BCUT2D eigenvalue weighted by molar-refractivity contribution is 6.18. The molecular weight excluding hydrogens is 248 g/mol. The summed E-state index contributed by atoms with van der Waals surface area (Å²) in [6.45, 7) is 3.77. The van der Waals surface area contributed by atoms with Crippen molar-refractivity contribution in [3.8, 4) is 0 Å². The summed E-state index contributed by atoms with van der Waals surface area (Å²) in [5, 5.41) is 2.57. The normalized spacial score (nSPS) is 12.6. The summed E-state index contributed by atoms with van der Waals surface area (Å²) in [7, 11) is 0. The van der Waals surface area contributed by atoms with Crippen molar-refractivity contribution >= 4 is 17.5 Å². The second kappa shape index (κ2) is 5.96. The van der Waals surface area contributed by atoms with Gasteiger partial charge in [0, 0.05) is 11.9 Å². The molecule has 0 spiro atoms. The van der Waals surface area contributed by atoms with E-state index < -0.39 is 17.5 Å². The third kappa shape index (κ3) is 3.40. The van der Waals surface area contributed by atoms with Gasteiger partial charge in [0.2, 0.25) is 0 Å². The molecule has 1 aromatic rings. The highest BCUT2D eigenvalue weighted by Crippen LogP contribution is 2.12. The molecule has 0 saturated heterocycles. The number of nitrogens with one attached hydrogen (secondary N) is 1. The zero-order chi connectivity index (χ0) is 13.0. The molecule has 1 amide bonds. The first-order valence-corrected chi connectivity index (χ1v) is 5.81. The smallest absolute Gasteiger partial charge is 0.254 e. The quantitative estimate of drug-likeness (QED) is 0.830. The van der Waals surface area contributed by atoms with E-state index in [9.17, 15) is 13.6 Å². The van der Waals surface area contributed by atoms with Crippen LogP contribution in [-0.4, -0.2) is 17.8 Å². The van der Waals surface area contributed by atoms with Crippen molar-refractivity contribution in [3.05, 3.63) is 35.4 Å². The summed E-state index contributed by atoms with van der Waals surface area (Å²) in [6.07, 6.45) is 0. The number of carbonyl (C=O) groups excluding carboxylic acids is 1. The summed E-state index contributed by atoms with van der Waals surface area (Å²) in [5.41, 5.74) is -0.305. The van der Waals surface area contributed by atoms with Gasteiger partial charge in [-0.15, -0.1) is 11.6 Å². The Labute approximate surface area is 104 Å². The summed E-state index contributed by atoms with van der Waals surface area (Å²) in [4.78, 5) is 11.7. The van der Waals surface area contributed by atoms with Crippen molar-refractivity contribution in [3.63, 3.8) is 0 Å². The first kappa shape index (κ1) is 13.9. The van der Waals surface area contributed by atoms with Gasteiger partial charge >= 0.3 is 0 Å². The van der Waals surface area contributed by atoms with Crippen LogP contribution in [0.25, 0.3) is 0 Å². The molecule has 0 aliphatic carbocycles. The van der Waals surface area contributed by atoms with Crippen molar-refractivity contribution in [2.75, 3.05) is 5.88 Å². The van der Waals surface area contributed by atoms with Crippen molar-refractivity contribution in [2.45, 2.75) is 19.9 Å². The summed E-state index contributed by atoms with van der Waals surface area (Å²) in [5.74, 6) is -2.48. The fraction of sp³-hybridized carbons (Fsp3) is 0.417. The number of rotatable bonds is 4. The molecule has 1 rings (SSSR count). The highest BCUT2D eigenvalue weighted by Gasteiger charge is 2.19. The van der Waals surface area contributed by atoms with Gasteiger partial charge in [0.15, 0.2) is 11.6 Å². The lowest BCUT2D eigenvalue weighted by atomic mass is 10.1. The van der Waals surface area contributed by atoms with Gasteiger partial charge in [0.05, 0.1) is 5.56 Å². The number of hydrogen-bond donors (Lipinski definition) is 1. The van der Waals surface area contributed by atoms with Crippen LogP contribution in [0.15, 0.2) is 18.2 Å². The largest absolute Gasteiger partial charge is 0.348 e. The third-order valence-electron chi connectivity index (χ3n) is 2.48. The molecule has 1 N–H and O–H groups in total. The molecule has 1 unspecified atom stereocenters. The van der Waals surface area contributed by atoms with E-state index in [-0.39, 0.29) is 23.4 Å². The molecule has 0 radical (unpaired) electrons. The molecular formula is C12H14ClF2NO. The van der Waals surface area contributed by atoms with Gasteiger partial charge in [0.25, 0.3) is 5.91 Å². The van der Waals surface area contributed by atoms with Crippen LogP contribution in [0.1, 0.15) is 24.2 Å². The minimum atomic E-state index is -1.14. The fourth-order valence-corrected chi connectivity index (χ4v) is 1.74. The minimum Gasteiger partial charge on any atom is -0.348 e. The second-order valence-corrected chi connectivity index (χ2v) is 4.39. The van der Waals surface area contributed by atoms with Gasteiger partial charge in [0.1, 0.15) is 0 Å². The van der Waals surface area contributed by atoms with E-state index in [0.717, 1.165) is 6.07 Å². The zero-order valence-electron chi connectivity index (χ0n) is 9.64. The summed E-state index contributed by atoms with van der Waals surface area (Å²) in [6, 6.07) is 3.22. The molecule has 0 aliphatic rings. The van der Waals surface area contributed by atoms with Crippen LogP contribution in [0.2, 0.25) is 0 Å². The van der Waals surface area contributed by atoms with Crippen molar-refractivity contribution in [2.24, 2.45) is 5.92 Å². The molecule has 0 bridgehead atoms. The van der Waals surface area contributed by atoms with Crippen LogP contribution in [0.4, 0.5) is 8.78 Å². The molecule has 2 nitrogen and oxygen atoms in total. The molecule has 94 valence electrons. The number of hydrogen-bond acceptors (Lipinski definition) is 1.